The van der Waals surface area contributed by atoms with Crippen molar-refractivity contribution in [2.75, 3.05) is 5.75 Å². The van der Waals surface area contributed by atoms with Crippen molar-refractivity contribution in [1.82, 2.24) is 4.37 Å². The molecule has 0 bridgehead atoms. The summed E-state index contributed by atoms with van der Waals surface area (Å²) in [6.07, 6.45) is 3.71. The van der Waals surface area contributed by atoms with Crippen molar-refractivity contribution in [3.05, 3.63) is 24.9 Å². The zero-order chi connectivity index (χ0) is 6.53. The van der Waals surface area contributed by atoms with E-state index in [1.807, 2.05) is 18.3 Å². The smallest absolute Gasteiger partial charge is 0.0809 e. The van der Waals surface area contributed by atoms with Crippen molar-refractivity contribution in [3.63, 3.8) is 0 Å². The van der Waals surface area contributed by atoms with Gasteiger partial charge in [0.05, 0.1) is 4.21 Å². The van der Waals surface area contributed by atoms with Crippen LogP contribution in [0.2, 0.25) is 0 Å². The normalized spacial score (nSPS) is 9.33. The van der Waals surface area contributed by atoms with Gasteiger partial charge in [-0.15, -0.1) is 18.3 Å². The lowest BCUT2D eigenvalue weighted by molar-refractivity contribution is 1.57. The molecule has 0 spiro atoms. The van der Waals surface area contributed by atoms with Gasteiger partial charge in [-0.05, 0) is 17.6 Å². The van der Waals surface area contributed by atoms with Gasteiger partial charge in [0.25, 0.3) is 0 Å². The Kier molecular flexibility index (Phi) is 2.80. The van der Waals surface area contributed by atoms with Crippen molar-refractivity contribution in [2.45, 2.75) is 4.21 Å². The number of hydrogen-bond acceptors (Lipinski definition) is 3. The van der Waals surface area contributed by atoms with Crippen molar-refractivity contribution in [3.8, 4) is 0 Å². The fraction of sp³-hybridized carbons (Fsp3) is 0.167. The Bertz CT molecular complexity index is 169. The van der Waals surface area contributed by atoms with E-state index in [0.717, 1.165) is 5.75 Å². The van der Waals surface area contributed by atoms with Gasteiger partial charge in [0.15, 0.2) is 0 Å². The van der Waals surface area contributed by atoms with Gasteiger partial charge in [0.1, 0.15) is 0 Å². The van der Waals surface area contributed by atoms with Gasteiger partial charge in [-0.25, -0.2) is 4.37 Å². The first-order chi connectivity index (χ1) is 4.43. The lowest BCUT2D eigenvalue weighted by Crippen LogP contribution is -1.63. The zero-order valence-corrected chi connectivity index (χ0v) is 6.54. The minimum atomic E-state index is 0.974. The first-order valence-electron chi connectivity index (χ1n) is 2.58. The quantitative estimate of drug-likeness (QED) is 0.493. The van der Waals surface area contributed by atoms with E-state index in [1.165, 1.54) is 15.7 Å². The second kappa shape index (κ2) is 3.69. The first-order valence-corrected chi connectivity index (χ1v) is 4.34. The van der Waals surface area contributed by atoms with E-state index in [2.05, 4.69) is 11.0 Å². The van der Waals surface area contributed by atoms with Crippen LogP contribution in [0.3, 0.4) is 0 Å². The summed E-state index contributed by atoms with van der Waals surface area (Å²) in [6.45, 7) is 3.62. The van der Waals surface area contributed by atoms with Crippen molar-refractivity contribution in [2.24, 2.45) is 0 Å². The van der Waals surface area contributed by atoms with Crippen LogP contribution in [0, 0.1) is 0 Å². The molecule has 9 heavy (non-hydrogen) atoms. The molecule has 0 fully saturated rings. The van der Waals surface area contributed by atoms with Gasteiger partial charge < -0.3 is 0 Å². The lowest BCUT2D eigenvalue weighted by Gasteiger charge is -1.86. The summed E-state index contributed by atoms with van der Waals surface area (Å²) >= 11 is 3.29. The highest BCUT2D eigenvalue weighted by atomic mass is 32.2. The van der Waals surface area contributed by atoms with E-state index in [0.29, 0.717) is 0 Å². The second-order valence-electron chi connectivity index (χ2n) is 1.43. The molecule has 0 radical (unpaired) electrons. The third-order valence-electron chi connectivity index (χ3n) is 0.758. The molecule has 0 saturated heterocycles. The van der Waals surface area contributed by atoms with Crippen molar-refractivity contribution < 1.29 is 0 Å². The van der Waals surface area contributed by atoms with E-state index in [-0.39, 0.29) is 0 Å². The summed E-state index contributed by atoms with van der Waals surface area (Å²) < 4.78 is 5.22. The molecule has 1 rings (SSSR count). The molecule has 1 aromatic rings. The molecule has 48 valence electrons. The zero-order valence-electron chi connectivity index (χ0n) is 4.91. The SMILES string of the molecule is C=CCSc1ccns1. The van der Waals surface area contributed by atoms with Gasteiger partial charge in [0, 0.05) is 11.9 Å². The maximum absolute atomic E-state index is 3.96. The van der Waals surface area contributed by atoms with E-state index < -0.39 is 0 Å². The Morgan fingerprint density at radius 3 is 3.33 bits per heavy atom. The summed E-state index contributed by atoms with van der Waals surface area (Å²) in [5.41, 5.74) is 0. The fourth-order valence-corrected chi connectivity index (χ4v) is 1.75. The van der Waals surface area contributed by atoms with Gasteiger partial charge >= 0.3 is 0 Å². The number of aromatic nitrogens is 1. The Hall–Kier alpha value is -0.280. The average Bonchev–Trinajstić information content (AvgIpc) is 2.34. The summed E-state index contributed by atoms with van der Waals surface area (Å²) in [5, 5.41) is 0. The molecule has 3 heteroatoms. The molecule has 0 aliphatic rings. The Labute approximate surface area is 63.0 Å². The Balaban J connectivity index is 2.38. The highest BCUT2D eigenvalue weighted by Gasteiger charge is 1.90. The van der Waals surface area contributed by atoms with Gasteiger partial charge in [-0.2, -0.15) is 0 Å². The predicted octanol–water partition coefficient (Wildman–Crippen LogP) is 2.42. The molecule has 0 aliphatic carbocycles. The number of nitrogens with zero attached hydrogens (tertiary/aromatic N) is 1. The van der Waals surface area contributed by atoms with Crippen LogP contribution in [0.5, 0.6) is 0 Å². The Morgan fingerprint density at radius 1 is 1.89 bits per heavy atom. The topological polar surface area (TPSA) is 12.9 Å². The van der Waals surface area contributed by atoms with Crippen LogP contribution in [0.1, 0.15) is 0 Å². The molecule has 0 N–H and O–H groups in total. The third kappa shape index (κ3) is 2.20. The van der Waals surface area contributed by atoms with Crippen molar-refractivity contribution in [1.29, 1.82) is 0 Å². The van der Waals surface area contributed by atoms with Crippen LogP contribution in [0.25, 0.3) is 0 Å². The van der Waals surface area contributed by atoms with Crippen molar-refractivity contribution >= 4 is 23.3 Å². The summed E-state index contributed by atoms with van der Waals surface area (Å²) in [6, 6.07) is 2.01. The lowest BCUT2D eigenvalue weighted by atomic mass is 10.8. The molecule has 1 aromatic heterocycles. The molecule has 0 saturated carbocycles. The molecular formula is C6H7NS2. The molecule has 0 atom stereocenters. The highest BCUT2D eigenvalue weighted by Crippen LogP contribution is 2.20. The minimum Gasteiger partial charge on any atom is -0.200 e. The highest BCUT2D eigenvalue weighted by molar-refractivity contribution is 8.01. The van der Waals surface area contributed by atoms with Crippen LogP contribution in [0.15, 0.2) is 29.1 Å². The van der Waals surface area contributed by atoms with Gasteiger partial charge in [-0.3, -0.25) is 0 Å². The van der Waals surface area contributed by atoms with E-state index in [1.54, 1.807) is 11.8 Å². The Morgan fingerprint density at radius 2 is 2.78 bits per heavy atom. The first kappa shape index (κ1) is 6.83. The van der Waals surface area contributed by atoms with Crippen LogP contribution in [-0.4, -0.2) is 10.1 Å². The minimum absolute atomic E-state index is 0.974. The summed E-state index contributed by atoms with van der Waals surface area (Å²) in [5.74, 6) is 0.974. The van der Waals surface area contributed by atoms with E-state index in [4.69, 9.17) is 0 Å². The van der Waals surface area contributed by atoms with Gasteiger partial charge in [0.2, 0.25) is 0 Å². The monoisotopic (exact) mass is 157 g/mol. The standard InChI is InChI=1S/C6H7NS2/c1-2-5-8-6-3-4-7-9-6/h2-4H,1,5H2. The molecule has 0 unspecified atom stereocenters. The molecular weight excluding hydrogens is 150 g/mol. The average molecular weight is 157 g/mol. The predicted molar refractivity (Wildman–Crippen MR) is 43.0 cm³/mol. The molecule has 0 aliphatic heterocycles. The number of rotatable bonds is 3. The molecule has 0 aromatic carbocycles. The number of thioether (sulfide) groups is 1. The third-order valence-corrected chi connectivity index (χ3v) is 2.70. The van der Waals surface area contributed by atoms with Crippen LogP contribution >= 0.6 is 23.3 Å². The summed E-state index contributed by atoms with van der Waals surface area (Å²) in [7, 11) is 0. The molecule has 1 nitrogen and oxygen atoms in total. The van der Waals surface area contributed by atoms with Crippen LogP contribution < -0.4 is 0 Å². The van der Waals surface area contributed by atoms with Crippen LogP contribution in [0.4, 0.5) is 0 Å². The maximum atomic E-state index is 3.96. The second-order valence-corrected chi connectivity index (χ2v) is 3.58. The number of hydrogen-bond donors (Lipinski definition) is 0. The fourth-order valence-electron chi connectivity index (χ4n) is 0.420. The van der Waals surface area contributed by atoms with Crippen LogP contribution in [-0.2, 0) is 0 Å². The van der Waals surface area contributed by atoms with E-state index >= 15 is 0 Å². The maximum Gasteiger partial charge on any atom is 0.0809 e. The van der Waals surface area contributed by atoms with Gasteiger partial charge in [-0.1, -0.05) is 6.08 Å². The summed E-state index contributed by atoms with van der Waals surface area (Å²) in [4.78, 5) is 0. The van der Waals surface area contributed by atoms with E-state index in [9.17, 15) is 0 Å². The molecule has 0 amide bonds. The largest absolute Gasteiger partial charge is 0.200 e. The molecule has 1 heterocycles.